The van der Waals surface area contributed by atoms with E-state index in [0.29, 0.717) is 0 Å². The number of ether oxygens (including phenoxy) is 1. The quantitative estimate of drug-likeness (QED) is 0.656. The summed E-state index contributed by atoms with van der Waals surface area (Å²) in [6, 6.07) is 0. The van der Waals surface area contributed by atoms with Crippen molar-refractivity contribution in [2.24, 2.45) is 0 Å². The first-order valence-corrected chi connectivity index (χ1v) is 5.90. The second kappa shape index (κ2) is 3.11. The van der Waals surface area contributed by atoms with Crippen LogP contribution in [0.2, 0.25) is 0 Å². The number of carbonyl (C=O) groups is 1. The number of rotatable bonds is 0. The maximum Gasteiger partial charge on any atom is 0.410 e. The molecule has 2 saturated heterocycles. The van der Waals surface area contributed by atoms with E-state index in [4.69, 9.17) is 4.74 Å². The van der Waals surface area contributed by atoms with Gasteiger partial charge < -0.3 is 9.84 Å². The number of aliphatic hydroxyl groups excluding tert-OH is 1. The summed E-state index contributed by atoms with van der Waals surface area (Å²) in [6.07, 6.45) is 5.07. The maximum atomic E-state index is 11.7. The molecule has 1 saturated carbocycles. The van der Waals surface area contributed by atoms with Gasteiger partial charge in [0.05, 0.1) is 11.6 Å². The zero-order chi connectivity index (χ0) is 10.5. The molecule has 15 heavy (non-hydrogen) atoms. The zero-order valence-electron chi connectivity index (χ0n) is 8.82. The van der Waals surface area contributed by atoms with Gasteiger partial charge in [-0.1, -0.05) is 0 Å². The van der Waals surface area contributed by atoms with Gasteiger partial charge >= 0.3 is 6.09 Å². The molecular weight excluding hydrogens is 194 g/mol. The second-order valence-corrected chi connectivity index (χ2v) is 4.98. The van der Waals surface area contributed by atoms with Crippen LogP contribution >= 0.6 is 0 Å². The highest BCUT2D eigenvalue weighted by Gasteiger charge is 2.59. The van der Waals surface area contributed by atoms with Gasteiger partial charge in [-0.25, -0.2) is 4.79 Å². The van der Waals surface area contributed by atoms with E-state index in [1.807, 2.05) is 4.90 Å². The van der Waals surface area contributed by atoms with Crippen molar-refractivity contribution in [3.63, 3.8) is 0 Å². The largest absolute Gasteiger partial charge is 0.441 e. The van der Waals surface area contributed by atoms with Crippen molar-refractivity contribution in [3.05, 3.63) is 0 Å². The molecule has 3 aliphatic rings. The molecule has 1 N–H and O–H groups in total. The number of hydrogen-bond acceptors (Lipinski definition) is 3. The Kier molecular flexibility index (Phi) is 1.96. The molecule has 1 aliphatic carbocycles. The van der Waals surface area contributed by atoms with Gasteiger partial charge in [-0.05, 0) is 38.5 Å². The molecule has 2 heterocycles. The molecule has 4 nitrogen and oxygen atoms in total. The first kappa shape index (κ1) is 9.46. The van der Waals surface area contributed by atoms with Crippen LogP contribution in [0, 0.1) is 0 Å². The molecule has 0 aromatic rings. The summed E-state index contributed by atoms with van der Waals surface area (Å²) in [6.45, 7) is 0.808. The van der Waals surface area contributed by atoms with Gasteiger partial charge in [-0.3, -0.25) is 4.90 Å². The third kappa shape index (κ3) is 1.14. The van der Waals surface area contributed by atoms with Crippen molar-refractivity contribution in [2.75, 3.05) is 6.54 Å². The third-order valence-corrected chi connectivity index (χ3v) is 4.22. The molecule has 3 atom stereocenters. The highest BCUT2D eigenvalue weighted by atomic mass is 16.6. The summed E-state index contributed by atoms with van der Waals surface area (Å²) < 4.78 is 5.35. The van der Waals surface area contributed by atoms with Gasteiger partial charge in [-0.2, -0.15) is 0 Å². The molecule has 0 aromatic heterocycles. The summed E-state index contributed by atoms with van der Waals surface area (Å²) in [5, 5.41) is 9.93. The van der Waals surface area contributed by atoms with E-state index >= 15 is 0 Å². The first-order valence-electron chi connectivity index (χ1n) is 5.90. The lowest BCUT2D eigenvalue weighted by atomic mass is 9.72. The van der Waals surface area contributed by atoms with Crippen molar-refractivity contribution in [3.8, 4) is 0 Å². The fourth-order valence-corrected chi connectivity index (χ4v) is 3.52. The van der Waals surface area contributed by atoms with Crippen LogP contribution < -0.4 is 0 Å². The number of carbonyl (C=O) groups excluding carboxylic acids is 1. The Morgan fingerprint density at radius 1 is 1.33 bits per heavy atom. The molecule has 1 amide bonds. The Morgan fingerprint density at radius 2 is 2.13 bits per heavy atom. The molecule has 3 rings (SSSR count). The van der Waals surface area contributed by atoms with E-state index in [1.165, 1.54) is 0 Å². The van der Waals surface area contributed by atoms with Crippen molar-refractivity contribution >= 4 is 6.09 Å². The molecule has 1 spiro atoms. The van der Waals surface area contributed by atoms with E-state index in [0.717, 1.165) is 45.1 Å². The van der Waals surface area contributed by atoms with Crippen LogP contribution in [0.15, 0.2) is 0 Å². The summed E-state index contributed by atoms with van der Waals surface area (Å²) >= 11 is 0. The average Bonchev–Trinajstić information content (AvgIpc) is 2.54. The number of aliphatic hydroxyl groups is 1. The van der Waals surface area contributed by atoms with Crippen LogP contribution in [-0.2, 0) is 4.74 Å². The van der Waals surface area contributed by atoms with Gasteiger partial charge in [-0.15, -0.1) is 0 Å². The lowest BCUT2D eigenvalue weighted by molar-refractivity contribution is -0.0571. The van der Waals surface area contributed by atoms with Gasteiger partial charge in [0, 0.05) is 6.54 Å². The molecular formula is C11H17NO3. The van der Waals surface area contributed by atoms with Crippen molar-refractivity contribution < 1.29 is 14.6 Å². The van der Waals surface area contributed by atoms with E-state index in [9.17, 15) is 9.90 Å². The number of hydrogen-bond donors (Lipinski definition) is 1. The lowest BCUT2D eigenvalue weighted by Gasteiger charge is -2.46. The van der Waals surface area contributed by atoms with Crippen LogP contribution in [0.5, 0.6) is 0 Å². The normalized spacial score (nSPS) is 44.6. The Labute approximate surface area is 89.2 Å². The van der Waals surface area contributed by atoms with Gasteiger partial charge in [0.1, 0.15) is 0 Å². The minimum atomic E-state index is -0.453. The number of amides is 1. The first-order chi connectivity index (χ1) is 7.24. The van der Waals surface area contributed by atoms with Crippen LogP contribution in [0.4, 0.5) is 4.79 Å². The highest BCUT2D eigenvalue weighted by molar-refractivity contribution is 5.72. The standard InChI is InChI=1S/C11H17NO3/c13-8-4-3-6-11-5-1-2-7-12(11)10(14)15-9(8)11/h8-9,13H,1-7H2/t8-,9-,11+/m0/s1. The molecule has 84 valence electrons. The van der Waals surface area contributed by atoms with Gasteiger partial charge in [0.15, 0.2) is 6.10 Å². The lowest BCUT2D eigenvalue weighted by Crippen LogP contribution is -2.58. The summed E-state index contributed by atoms with van der Waals surface area (Å²) in [7, 11) is 0. The van der Waals surface area contributed by atoms with E-state index < -0.39 is 6.10 Å². The summed E-state index contributed by atoms with van der Waals surface area (Å²) in [4.78, 5) is 13.6. The highest BCUT2D eigenvalue weighted by Crippen LogP contribution is 2.46. The predicted octanol–water partition coefficient (Wildman–Crippen LogP) is 1.27. The molecule has 0 unspecified atom stereocenters. The molecule has 0 bridgehead atoms. The number of nitrogens with zero attached hydrogens (tertiary/aromatic N) is 1. The third-order valence-electron chi connectivity index (χ3n) is 4.22. The van der Waals surface area contributed by atoms with Gasteiger partial charge in [0.25, 0.3) is 0 Å². The smallest absolute Gasteiger partial charge is 0.410 e. The molecule has 2 aliphatic heterocycles. The van der Waals surface area contributed by atoms with Crippen LogP contribution in [-0.4, -0.2) is 40.4 Å². The minimum Gasteiger partial charge on any atom is -0.441 e. The monoisotopic (exact) mass is 211 g/mol. The Morgan fingerprint density at radius 3 is 3.00 bits per heavy atom. The SMILES string of the molecule is O=C1O[C@H]2[C@@H](O)CCC[C@]23CCCCN13. The Hall–Kier alpha value is -0.770. The average molecular weight is 211 g/mol. The topological polar surface area (TPSA) is 49.8 Å². The van der Waals surface area contributed by atoms with E-state index in [2.05, 4.69) is 0 Å². The fourth-order valence-electron chi connectivity index (χ4n) is 3.52. The Balaban J connectivity index is 1.97. The van der Waals surface area contributed by atoms with Crippen LogP contribution in [0.25, 0.3) is 0 Å². The number of piperidine rings is 1. The molecule has 3 fully saturated rings. The van der Waals surface area contributed by atoms with Crippen LogP contribution in [0.1, 0.15) is 38.5 Å². The van der Waals surface area contributed by atoms with E-state index in [-0.39, 0.29) is 17.7 Å². The van der Waals surface area contributed by atoms with Crippen molar-refractivity contribution in [1.29, 1.82) is 0 Å². The zero-order valence-corrected chi connectivity index (χ0v) is 8.82. The van der Waals surface area contributed by atoms with Crippen molar-refractivity contribution in [1.82, 2.24) is 4.90 Å². The van der Waals surface area contributed by atoms with Crippen LogP contribution in [0.3, 0.4) is 0 Å². The summed E-state index contributed by atoms with van der Waals surface area (Å²) in [5.41, 5.74) is -0.160. The predicted molar refractivity (Wildman–Crippen MR) is 53.4 cm³/mol. The van der Waals surface area contributed by atoms with E-state index in [1.54, 1.807) is 0 Å². The van der Waals surface area contributed by atoms with Gasteiger partial charge in [0.2, 0.25) is 0 Å². The Bertz CT molecular complexity index is 290. The second-order valence-electron chi connectivity index (χ2n) is 4.98. The molecule has 4 heteroatoms. The fraction of sp³-hybridized carbons (Fsp3) is 0.909. The maximum absolute atomic E-state index is 11.7. The van der Waals surface area contributed by atoms with Crippen molar-refractivity contribution in [2.45, 2.75) is 56.3 Å². The minimum absolute atomic E-state index is 0.160. The molecule has 0 radical (unpaired) electrons. The molecule has 0 aromatic carbocycles. The summed E-state index contributed by atoms with van der Waals surface area (Å²) in [5.74, 6) is 0.